The normalized spacial score (nSPS) is 19.8. The van der Waals surface area contributed by atoms with Gasteiger partial charge < -0.3 is 15.0 Å². The summed E-state index contributed by atoms with van der Waals surface area (Å²) in [5, 5.41) is 3.07. The first kappa shape index (κ1) is 12.9. The monoisotopic (exact) mass is 248 g/mol. The van der Waals surface area contributed by atoms with Gasteiger partial charge in [0.25, 0.3) is 0 Å². The van der Waals surface area contributed by atoms with Gasteiger partial charge in [0.1, 0.15) is 5.75 Å². The molecule has 0 bridgehead atoms. The molecule has 4 heteroatoms. The quantitative estimate of drug-likeness (QED) is 0.866. The standard InChI is InChI=1S/C14H20N2O2/c1-16-7-6-12(10-16)15-14(17)9-11-4-3-5-13(8-11)18-2/h3-5,8,12H,6-7,9-10H2,1-2H3,(H,15,17). The number of carbonyl (C=O) groups excluding carboxylic acids is 1. The molecule has 1 N–H and O–H groups in total. The molecule has 1 heterocycles. The molecule has 1 fully saturated rings. The van der Waals surface area contributed by atoms with Crippen LogP contribution in [-0.2, 0) is 11.2 Å². The molecule has 1 saturated heterocycles. The van der Waals surface area contributed by atoms with Crippen LogP contribution in [0.5, 0.6) is 5.75 Å². The summed E-state index contributed by atoms with van der Waals surface area (Å²) in [6.07, 6.45) is 1.46. The Morgan fingerprint density at radius 2 is 2.39 bits per heavy atom. The largest absolute Gasteiger partial charge is 0.497 e. The zero-order valence-corrected chi connectivity index (χ0v) is 11.0. The lowest BCUT2D eigenvalue weighted by Crippen LogP contribution is -2.37. The number of methoxy groups -OCH3 is 1. The van der Waals surface area contributed by atoms with Gasteiger partial charge in [-0.3, -0.25) is 4.79 Å². The average Bonchev–Trinajstić information content (AvgIpc) is 2.74. The highest BCUT2D eigenvalue weighted by Crippen LogP contribution is 2.13. The van der Waals surface area contributed by atoms with E-state index in [2.05, 4.69) is 17.3 Å². The van der Waals surface area contributed by atoms with Crippen LogP contribution in [0, 0.1) is 0 Å². The summed E-state index contributed by atoms with van der Waals surface area (Å²) < 4.78 is 5.15. The second-order valence-corrected chi connectivity index (χ2v) is 4.84. The number of amides is 1. The van der Waals surface area contributed by atoms with E-state index in [4.69, 9.17) is 4.74 Å². The van der Waals surface area contributed by atoms with Gasteiger partial charge in [-0.1, -0.05) is 12.1 Å². The molecule has 98 valence electrons. The number of hydrogen-bond donors (Lipinski definition) is 1. The lowest BCUT2D eigenvalue weighted by molar-refractivity contribution is -0.121. The van der Waals surface area contributed by atoms with Crippen molar-refractivity contribution < 1.29 is 9.53 Å². The molecule has 1 aliphatic rings. The van der Waals surface area contributed by atoms with Crippen molar-refractivity contribution in [3.05, 3.63) is 29.8 Å². The van der Waals surface area contributed by atoms with Crippen molar-refractivity contribution in [2.75, 3.05) is 27.2 Å². The smallest absolute Gasteiger partial charge is 0.224 e. The summed E-state index contributed by atoms with van der Waals surface area (Å²) in [7, 11) is 3.71. The van der Waals surface area contributed by atoms with Crippen molar-refractivity contribution in [3.8, 4) is 5.75 Å². The van der Waals surface area contributed by atoms with E-state index >= 15 is 0 Å². The SMILES string of the molecule is COc1cccc(CC(=O)NC2CCN(C)C2)c1. The summed E-state index contributed by atoms with van der Waals surface area (Å²) in [5.74, 6) is 0.879. The van der Waals surface area contributed by atoms with Crippen molar-refractivity contribution >= 4 is 5.91 Å². The highest BCUT2D eigenvalue weighted by atomic mass is 16.5. The number of hydrogen-bond acceptors (Lipinski definition) is 3. The second-order valence-electron chi connectivity index (χ2n) is 4.84. The molecular formula is C14H20N2O2. The number of carbonyl (C=O) groups is 1. The second kappa shape index (κ2) is 5.87. The third-order valence-corrected chi connectivity index (χ3v) is 3.26. The molecule has 0 saturated carbocycles. The van der Waals surface area contributed by atoms with Gasteiger partial charge in [-0.15, -0.1) is 0 Å². The third kappa shape index (κ3) is 3.47. The predicted octanol–water partition coefficient (Wildman–Crippen LogP) is 1.06. The van der Waals surface area contributed by atoms with Crippen LogP contribution >= 0.6 is 0 Å². The Morgan fingerprint density at radius 3 is 3.06 bits per heavy atom. The molecule has 1 aromatic rings. The molecule has 1 amide bonds. The van der Waals surface area contributed by atoms with E-state index in [0.29, 0.717) is 12.5 Å². The van der Waals surface area contributed by atoms with Crippen molar-refractivity contribution in [1.82, 2.24) is 10.2 Å². The van der Waals surface area contributed by atoms with E-state index in [9.17, 15) is 4.79 Å². The molecule has 1 aromatic carbocycles. The maximum Gasteiger partial charge on any atom is 0.224 e. The van der Waals surface area contributed by atoms with E-state index in [1.807, 2.05) is 24.3 Å². The van der Waals surface area contributed by atoms with Crippen LogP contribution in [0.25, 0.3) is 0 Å². The number of benzene rings is 1. The summed E-state index contributed by atoms with van der Waals surface area (Å²) in [6.45, 7) is 2.01. The lowest BCUT2D eigenvalue weighted by atomic mass is 10.1. The van der Waals surface area contributed by atoms with Crippen LogP contribution in [-0.4, -0.2) is 44.1 Å². The van der Waals surface area contributed by atoms with Crippen LogP contribution in [0.2, 0.25) is 0 Å². The van der Waals surface area contributed by atoms with E-state index < -0.39 is 0 Å². The van der Waals surface area contributed by atoms with E-state index in [1.54, 1.807) is 7.11 Å². The minimum Gasteiger partial charge on any atom is -0.497 e. The zero-order chi connectivity index (χ0) is 13.0. The topological polar surface area (TPSA) is 41.6 Å². The number of ether oxygens (including phenoxy) is 1. The number of nitrogens with one attached hydrogen (secondary N) is 1. The van der Waals surface area contributed by atoms with Gasteiger partial charge in [0, 0.05) is 12.6 Å². The summed E-state index contributed by atoms with van der Waals surface area (Å²) in [6, 6.07) is 7.94. The molecule has 0 aliphatic carbocycles. The number of likely N-dealkylation sites (tertiary alicyclic amines) is 1. The number of rotatable bonds is 4. The molecule has 1 unspecified atom stereocenters. The van der Waals surface area contributed by atoms with Gasteiger partial charge in [0.2, 0.25) is 5.91 Å². The van der Waals surface area contributed by atoms with Crippen LogP contribution < -0.4 is 10.1 Å². The first-order chi connectivity index (χ1) is 8.67. The van der Waals surface area contributed by atoms with Gasteiger partial charge in [-0.2, -0.15) is 0 Å². The fraction of sp³-hybridized carbons (Fsp3) is 0.500. The van der Waals surface area contributed by atoms with Gasteiger partial charge in [0.15, 0.2) is 0 Å². The average molecular weight is 248 g/mol. The highest BCUT2D eigenvalue weighted by molar-refractivity contribution is 5.79. The fourth-order valence-corrected chi connectivity index (χ4v) is 2.30. The minimum absolute atomic E-state index is 0.0866. The highest BCUT2D eigenvalue weighted by Gasteiger charge is 2.20. The zero-order valence-electron chi connectivity index (χ0n) is 11.0. The van der Waals surface area contributed by atoms with Gasteiger partial charge >= 0.3 is 0 Å². The summed E-state index contributed by atoms with van der Waals surface area (Å²) >= 11 is 0. The molecule has 18 heavy (non-hydrogen) atoms. The summed E-state index contributed by atoms with van der Waals surface area (Å²) in [5.41, 5.74) is 0.984. The van der Waals surface area contributed by atoms with E-state index in [0.717, 1.165) is 30.8 Å². The number of likely N-dealkylation sites (N-methyl/N-ethyl adjacent to an activating group) is 1. The minimum atomic E-state index is 0.0866. The van der Waals surface area contributed by atoms with Crippen molar-refractivity contribution in [3.63, 3.8) is 0 Å². The number of nitrogens with zero attached hydrogens (tertiary/aromatic N) is 1. The maximum absolute atomic E-state index is 11.9. The van der Waals surface area contributed by atoms with Crippen LogP contribution in [0.4, 0.5) is 0 Å². The first-order valence-electron chi connectivity index (χ1n) is 6.28. The molecule has 1 atom stereocenters. The van der Waals surface area contributed by atoms with E-state index in [-0.39, 0.29) is 5.91 Å². The fourth-order valence-electron chi connectivity index (χ4n) is 2.30. The van der Waals surface area contributed by atoms with Crippen molar-refractivity contribution in [1.29, 1.82) is 0 Å². The molecule has 4 nitrogen and oxygen atoms in total. The van der Waals surface area contributed by atoms with Crippen LogP contribution in [0.3, 0.4) is 0 Å². The van der Waals surface area contributed by atoms with Crippen LogP contribution in [0.15, 0.2) is 24.3 Å². The first-order valence-corrected chi connectivity index (χ1v) is 6.28. The molecule has 0 aromatic heterocycles. The summed E-state index contributed by atoms with van der Waals surface area (Å²) in [4.78, 5) is 14.1. The Kier molecular flexibility index (Phi) is 4.20. The Labute approximate surface area is 108 Å². The van der Waals surface area contributed by atoms with Crippen molar-refractivity contribution in [2.45, 2.75) is 18.9 Å². The predicted molar refractivity (Wildman–Crippen MR) is 70.7 cm³/mol. The van der Waals surface area contributed by atoms with Gasteiger partial charge in [-0.05, 0) is 37.7 Å². The van der Waals surface area contributed by atoms with Crippen LogP contribution in [0.1, 0.15) is 12.0 Å². The maximum atomic E-state index is 11.9. The van der Waals surface area contributed by atoms with Gasteiger partial charge in [0.05, 0.1) is 13.5 Å². The third-order valence-electron chi connectivity index (χ3n) is 3.26. The molecule has 0 spiro atoms. The molecule has 2 rings (SSSR count). The Balaban J connectivity index is 1.86. The molecular weight excluding hydrogens is 228 g/mol. The lowest BCUT2D eigenvalue weighted by Gasteiger charge is -2.13. The Hall–Kier alpha value is -1.55. The Bertz CT molecular complexity index is 420. The van der Waals surface area contributed by atoms with Gasteiger partial charge in [-0.25, -0.2) is 0 Å². The van der Waals surface area contributed by atoms with Crippen molar-refractivity contribution in [2.24, 2.45) is 0 Å². The van der Waals surface area contributed by atoms with E-state index in [1.165, 1.54) is 0 Å². The molecule has 0 radical (unpaired) electrons. The molecule has 1 aliphatic heterocycles. The Morgan fingerprint density at radius 1 is 1.56 bits per heavy atom.